The number of benzene rings is 1. The highest BCUT2D eigenvalue weighted by atomic mass is 35.5. The Bertz CT molecular complexity index is 382. The Balaban J connectivity index is 2.75. The number of rotatable bonds is 4. The van der Waals surface area contributed by atoms with E-state index in [-0.39, 0.29) is 11.8 Å². The number of ether oxygens (including phenoxy) is 1. The van der Waals surface area contributed by atoms with Gasteiger partial charge in [0.2, 0.25) is 5.91 Å². The molecule has 1 unspecified atom stereocenters. The third-order valence-electron chi connectivity index (χ3n) is 2.22. The Labute approximate surface area is 99.7 Å². The van der Waals surface area contributed by atoms with Crippen LogP contribution in [0.5, 0.6) is 5.75 Å². The van der Waals surface area contributed by atoms with Gasteiger partial charge in [0.05, 0.1) is 12.1 Å². The number of anilines is 1. The van der Waals surface area contributed by atoms with Crippen molar-refractivity contribution in [3.8, 4) is 5.75 Å². The van der Waals surface area contributed by atoms with Crippen LogP contribution < -0.4 is 15.8 Å². The molecule has 0 bridgehead atoms. The van der Waals surface area contributed by atoms with Crippen molar-refractivity contribution >= 4 is 23.2 Å². The summed E-state index contributed by atoms with van der Waals surface area (Å²) in [6.07, 6.45) is 0. The lowest BCUT2D eigenvalue weighted by molar-refractivity contribution is -0.119. The van der Waals surface area contributed by atoms with Crippen molar-refractivity contribution in [3.63, 3.8) is 0 Å². The van der Waals surface area contributed by atoms with Gasteiger partial charge in [-0.1, -0.05) is 18.5 Å². The van der Waals surface area contributed by atoms with Crippen LogP contribution in [0.2, 0.25) is 5.02 Å². The van der Waals surface area contributed by atoms with Gasteiger partial charge in [-0.25, -0.2) is 0 Å². The first-order chi connectivity index (χ1) is 7.58. The summed E-state index contributed by atoms with van der Waals surface area (Å²) in [6, 6.07) is 5.07. The van der Waals surface area contributed by atoms with Gasteiger partial charge < -0.3 is 15.8 Å². The zero-order chi connectivity index (χ0) is 12.1. The van der Waals surface area contributed by atoms with Crippen molar-refractivity contribution in [2.75, 3.05) is 19.0 Å². The minimum atomic E-state index is -0.221. The minimum absolute atomic E-state index is 0.122. The van der Waals surface area contributed by atoms with Crippen LogP contribution in [-0.4, -0.2) is 19.6 Å². The van der Waals surface area contributed by atoms with Crippen LogP contribution in [0.1, 0.15) is 6.92 Å². The van der Waals surface area contributed by atoms with E-state index in [1.807, 2.05) is 0 Å². The zero-order valence-electron chi connectivity index (χ0n) is 9.29. The molecule has 4 nitrogen and oxygen atoms in total. The molecule has 0 spiro atoms. The summed E-state index contributed by atoms with van der Waals surface area (Å²) in [4.78, 5) is 11.5. The average molecular weight is 243 g/mol. The summed E-state index contributed by atoms with van der Waals surface area (Å²) in [7, 11) is 1.54. The van der Waals surface area contributed by atoms with E-state index in [0.29, 0.717) is 23.0 Å². The third-order valence-corrected chi connectivity index (χ3v) is 2.52. The molecule has 0 aliphatic carbocycles. The predicted molar refractivity (Wildman–Crippen MR) is 64.9 cm³/mol. The molecule has 88 valence electrons. The quantitative estimate of drug-likeness (QED) is 0.847. The number of carbonyl (C=O) groups excluding carboxylic acids is 1. The molecule has 5 heteroatoms. The fourth-order valence-electron chi connectivity index (χ4n) is 1.12. The van der Waals surface area contributed by atoms with Crippen LogP contribution in [-0.2, 0) is 4.79 Å². The molecule has 0 aromatic heterocycles. The Morgan fingerprint density at radius 1 is 1.62 bits per heavy atom. The van der Waals surface area contributed by atoms with Crippen molar-refractivity contribution in [1.29, 1.82) is 0 Å². The maximum Gasteiger partial charge on any atom is 0.228 e. The molecule has 0 aliphatic rings. The second-order valence-electron chi connectivity index (χ2n) is 3.48. The lowest BCUT2D eigenvalue weighted by atomic mass is 10.1. The normalized spacial score (nSPS) is 12.0. The number of carbonyl (C=O) groups is 1. The van der Waals surface area contributed by atoms with Gasteiger partial charge in [0.25, 0.3) is 0 Å². The van der Waals surface area contributed by atoms with E-state index in [4.69, 9.17) is 22.1 Å². The van der Waals surface area contributed by atoms with Gasteiger partial charge in [0.15, 0.2) is 0 Å². The molecule has 0 saturated heterocycles. The summed E-state index contributed by atoms with van der Waals surface area (Å²) in [5, 5.41) is 3.18. The Morgan fingerprint density at radius 2 is 2.31 bits per heavy atom. The van der Waals surface area contributed by atoms with Gasteiger partial charge in [-0.05, 0) is 18.2 Å². The first kappa shape index (κ1) is 12.8. The largest absolute Gasteiger partial charge is 0.495 e. The molecule has 0 saturated carbocycles. The number of nitrogens with two attached hydrogens (primary N) is 1. The highest BCUT2D eigenvalue weighted by Crippen LogP contribution is 2.27. The molecular formula is C11H15ClN2O2. The first-order valence-corrected chi connectivity index (χ1v) is 5.30. The van der Waals surface area contributed by atoms with Gasteiger partial charge in [-0.2, -0.15) is 0 Å². The SMILES string of the molecule is COc1ccc(NC(=O)C(C)CN)cc1Cl. The number of hydrogen-bond acceptors (Lipinski definition) is 3. The van der Waals surface area contributed by atoms with E-state index in [1.54, 1.807) is 25.1 Å². The molecule has 1 aromatic rings. The standard InChI is InChI=1S/C11H15ClN2O2/c1-7(6-13)11(15)14-8-3-4-10(16-2)9(12)5-8/h3-5,7H,6,13H2,1-2H3,(H,14,15). The summed E-state index contributed by atoms with van der Waals surface area (Å²) >= 11 is 5.93. The van der Waals surface area contributed by atoms with E-state index in [2.05, 4.69) is 5.32 Å². The van der Waals surface area contributed by atoms with Crippen molar-refractivity contribution in [2.45, 2.75) is 6.92 Å². The fourth-order valence-corrected chi connectivity index (χ4v) is 1.37. The van der Waals surface area contributed by atoms with Crippen molar-refractivity contribution < 1.29 is 9.53 Å². The first-order valence-electron chi connectivity index (χ1n) is 4.93. The lowest BCUT2D eigenvalue weighted by Gasteiger charge is -2.11. The summed E-state index contributed by atoms with van der Waals surface area (Å²) in [6.45, 7) is 2.08. The van der Waals surface area contributed by atoms with Crippen molar-refractivity contribution in [1.82, 2.24) is 0 Å². The number of amides is 1. The van der Waals surface area contributed by atoms with Gasteiger partial charge in [-0.3, -0.25) is 4.79 Å². The highest BCUT2D eigenvalue weighted by Gasteiger charge is 2.11. The topological polar surface area (TPSA) is 64.3 Å². The predicted octanol–water partition coefficient (Wildman–Crippen LogP) is 1.88. The van der Waals surface area contributed by atoms with Gasteiger partial charge >= 0.3 is 0 Å². The maximum atomic E-state index is 11.5. The van der Waals surface area contributed by atoms with Gasteiger partial charge in [0.1, 0.15) is 5.75 Å². The van der Waals surface area contributed by atoms with Crippen molar-refractivity contribution in [3.05, 3.63) is 23.2 Å². The van der Waals surface area contributed by atoms with Gasteiger partial charge in [0, 0.05) is 18.2 Å². The number of methoxy groups -OCH3 is 1. The zero-order valence-corrected chi connectivity index (χ0v) is 10.0. The Hall–Kier alpha value is -1.26. The van der Waals surface area contributed by atoms with Crippen LogP contribution >= 0.6 is 11.6 Å². The minimum Gasteiger partial charge on any atom is -0.495 e. The Morgan fingerprint density at radius 3 is 2.81 bits per heavy atom. The van der Waals surface area contributed by atoms with E-state index in [0.717, 1.165) is 0 Å². The molecule has 1 aromatic carbocycles. The second-order valence-corrected chi connectivity index (χ2v) is 3.88. The molecule has 16 heavy (non-hydrogen) atoms. The molecule has 0 aliphatic heterocycles. The highest BCUT2D eigenvalue weighted by molar-refractivity contribution is 6.32. The number of nitrogens with one attached hydrogen (secondary N) is 1. The average Bonchev–Trinajstić information content (AvgIpc) is 2.28. The summed E-state index contributed by atoms with van der Waals surface area (Å²) in [5.41, 5.74) is 6.03. The van der Waals surface area contributed by atoms with Crippen LogP contribution in [0.15, 0.2) is 18.2 Å². The summed E-state index contributed by atoms with van der Waals surface area (Å²) in [5.74, 6) is 0.233. The smallest absolute Gasteiger partial charge is 0.228 e. The van der Waals surface area contributed by atoms with Gasteiger partial charge in [-0.15, -0.1) is 0 Å². The molecule has 0 heterocycles. The number of hydrogen-bond donors (Lipinski definition) is 2. The molecule has 1 amide bonds. The van der Waals surface area contributed by atoms with Crippen LogP contribution in [0.25, 0.3) is 0 Å². The number of halogens is 1. The Kier molecular flexibility index (Phi) is 4.58. The van der Waals surface area contributed by atoms with Crippen molar-refractivity contribution in [2.24, 2.45) is 11.7 Å². The molecule has 0 fully saturated rings. The van der Waals surface area contributed by atoms with E-state index in [1.165, 1.54) is 7.11 Å². The third kappa shape index (κ3) is 3.12. The molecule has 0 radical (unpaired) electrons. The molecule has 3 N–H and O–H groups in total. The van der Waals surface area contributed by atoms with Crippen LogP contribution in [0.3, 0.4) is 0 Å². The molecule has 1 rings (SSSR count). The van der Waals surface area contributed by atoms with E-state index < -0.39 is 0 Å². The van der Waals surface area contributed by atoms with Crippen LogP contribution in [0.4, 0.5) is 5.69 Å². The lowest BCUT2D eigenvalue weighted by Crippen LogP contribution is -2.26. The van der Waals surface area contributed by atoms with E-state index in [9.17, 15) is 4.79 Å². The maximum absolute atomic E-state index is 11.5. The second kappa shape index (κ2) is 5.72. The molecule has 1 atom stereocenters. The molecular weight excluding hydrogens is 228 g/mol. The van der Waals surface area contributed by atoms with E-state index >= 15 is 0 Å². The summed E-state index contributed by atoms with van der Waals surface area (Å²) < 4.78 is 5.01. The monoisotopic (exact) mass is 242 g/mol. The fraction of sp³-hybridized carbons (Fsp3) is 0.364. The van der Waals surface area contributed by atoms with Crippen LogP contribution in [0, 0.1) is 5.92 Å².